The van der Waals surface area contributed by atoms with E-state index >= 15 is 0 Å². The van der Waals surface area contributed by atoms with E-state index in [1.54, 1.807) is 0 Å². The van der Waals surface area contributed by atoms with Gasteiger partial charge in [-0.15, -0.1) is 0 Å². The van der Waals surface area contributed by atoms with Gasteiger partial charge in [0.05, 0.1) is 0 Å². The second-order valence-corrected chi connectivity index (χ2v) is 39.6. The van der Waals surface area contributed by atoms with Crippen molar-refractivity contribution >= 4 is 50.7 Å². The van der Waals surface area contributed by atoms with Crippen LogP contribution in [0.15, 0.2) is 108 Å². The van der Waals surface area contributed by atoms with Gasteiger partial charge in [-0.1, -0.05) is 0 Å². The fraction of sp³-hybridized carbons (Fsp3) is 0.308. The van der Waals surface area contributed by atoms with Gasteiger partial charge in [0.2, 0.25) is 0 Å². The quantitative estimate of drug-likeness (QED) is 0.122. The first-order valence-electron chi connectivity index (χ1n) is 20.7. The van der Waals surface area contributed by atoms with E-state index in [0.29, 0.717) is 0 Å². The van der Waals surface area contributed by atoms with Gasteiger partial charge in [0.25, 0.3) is 0 Å². The molecule has 55 heavy (non-hydrogen) atoms. The summed E-state index contributed by atoms with van der Waals surface area (Å²) in [4.78, 5) is 0. The van der Waals surface area contributed by atoms with Gasteiger partial charge in [-0.2, -0.15) is 0 Å². The summed E-state index contributed by atoms with van der Waals surface area (Å²) in [6.45, 7) is 16.2. The Morgan fingerprint density at radius 2 is 0.909 bits per heavy atom. The van der Waals surface area contributed by atoms with Crippen LogP contribution >= 0.6 is 17.0 Å². The van der Waals surface area contributed by atoms with Crippen LogP contribution in [0.1, 0.15) is 111 Å². The summed E-state index contributed by atoms with van der Waals surface area (Å²) in [5, 5.41) is 5.13. The van der Waals surface area contributed by atoms with Crippen molar-refractivity contribution in [3.8, 4) is 22.3 Å². The average molecular weight is 842 g/mol. The van der Waals surface area contributed by atoms with Crippen molar-refractivity contribution in [1.82, 2.24) is 0 Å². The summed E-state index contributed by atoms with van der Waals surface area (Å²) < 4.78 is 0.890. The summed E-state index contributed by atoms with van der Waals surface area (Å²) in [7, 11) is 17.8. The molecule has 8 rings (SSSR count). The molecule has 6 aromatic rings. The third-order valence-corrected chi connectivity index (χ3v) is 33.9. The Labute approximate surface area is 337 Å². The summed E-state index contributed by atoms with van der Waals surface area (Å²) in [5.74, 6) is 0. The SMILES string of the molecule is CCCCC1=Cc2c(-c3cccc4ccccc34)c(C)cc(C)c2[CH]1[Zr]([Cl])([Cl])([CH2]C)[CH]1C(CCCC)=Cc2c(-c3cccc4ccccc34)c(C)cc(C)c21. The molecule has 0 nitrogen and oxygen atoms in total. The molecule has 0 aromatic heterocycles. The minimum absolute atomic E-state index is 0.0355. The zero-order valence-electron chi connectivity index (χ0n) is 33.8. The summed E-state index contributed by atoms with van der Waals surface area (Å²) in [6.07, 6.45) is 11.7. The molecule has 0 N–H and O–H groups in total. The van der Waals surface area contributed by atoms with Gasteiger partial charge < -0.3 is 0 Å². The fourth-order valence-corrected chi connectivity index (χ4v) is 29.1. The second kappa shape index (κ2) is 14.9. The van der Waals surface area contributed by atoms with Gasteiger partial charge in [0.1, 0.15) is 0 Å². The van der Waals surface area contributed by atoms with Crippen molar-refractivity contribution in [3.63, 3.8) is 0 Å². The first-order valence-corrected chi connectivity index (χ1v) is 31.7. The molecule has 281 valence electrons. The third kappa shape index (κ3) is 6.27. The topological polar surface area (TPSA) is 0 Å². The van der Waals surface area contributed by atoms with Gasteiger partial charge in [-0.25, -0.2) is 0 Å². The van der Waals surface area contributed by atoms with E-state index in [4.69, 9.17) is 17.0 Å². The van der Waals surface area contributed by atoms with Crippen molar-refractivity contribution < 1.29 is 16.4 Å². The molecule has 0 fully saturated rings. The zero-order chi connectivity index (χ0) is 38.7. The van der Waals surface area contributed by atoms with Crippen LogP contribution in [-0.2, 0) is 16.4 Å². The van der Waals surface area contributed by atoms with E-state index in [-0.39, 0.29) is 7.25 Å². The summed E-state index contributed by atoms with van der Waals surface area (Å²) in [5.41, 5.74) is 19.0. The Kier molecular flexibility index (Phi) is 10.5. The first-order chi connectivity index (χ1) is 26.5. The minimum atomic E-state index is -5.08. The molecule has 0 bridgehead atoms. The maximum absolute atomic E-state index is 8.90. The maximum atomic E-state index is 8.90. The molecule has 0 amide bonds. The van der Waals surface area contributed by atoms with Crippen molar-refractivity contribution in [2.45, 2.75) is 98.4 Å². The second-order valence-electron chi connectivity index (χ2n) is 16.7. The van der Waals surface area contributed by atoms with Crippen LogP contribution in [0.25, 0.3) is 56.0 Å². The molecule has 0 radical (unpaired) electrons. The van der Waals surface area contributed by atoms with Gasteiger partial charge >= 0.3 is 340 Å². The molecule has 2 aliphatic carbocycles. The van der Waals surface area contributed by atoms with Crippen molar-refractivity contribution in [2.24, 2.45) is 0 Å². The van der Waals surface area contributed by atoms with Crippen LogP contribution in [0.4, 0.5) is 0 Å². The number of hydrogen-bond acceptors (Lipinski definition) is 0. The molecule has 3 heteroatoms. The summed E-state index contributed by atoms with van der Waals surface area (Å²) in [6, 6.07) is 36.1. The Morgan fingerprint density at radius 3 is 1.31 bits per heavy atom. The zero-order valence-corrected chi connectivity index (χ0v) is 37.7. The predicted octanol–water partition coefficient (Wildman–Crippen LogP) is 17.0. The predicted molar refractivity (Wildman–Crippen MR) is 240 cm³/mol. The van der Waals surface area contributed by atoms with Gasteiger partial charge in [0.15, 0.2) is 0 Å². The number of aryl methyl sites for hydroxylation is 4. The molecule has 2 unspecified atom stereocenters. The molecule has 0 spiro atoms. The van der Waals surface area contributed by atoms with Crippen LogP contribution in [0.5, 0.6) is 0 Å². The van der Waals surface area contributed by atoms with E-state index < -0.39 is 16.4 Å². The number of allylic oxidation sites excluding steroid dienone is 2. The van der Waals surface area contributed by atoms with Crippen molar-refractivity contribution in [2.75, 3.05) is 0 Å². The summed E-state index contributed by atoms with van der Waals surface area (Å²) >= 11 is -5.08. The van der Waals surface area contributed by atoms with E-state index in [1.807, 2.05) is 0 Å². The molecule has 0 saturated carbocycles. The number of rotatable bonds is 11. The monoisotopic (exact) mass is 839 g/mol. The molecule has 2 aliphatic rings. The number of fused-ring (bicyclic) bond motifs is 4. The molecule has 0 saturated heterocycles. The first kappa shape index (κ1) is 38.6. The Morgan fingerprint density at radius 1 is 0.509 bits per heavy atom. The van der Waals surface area contributed by atoms with E-state index in [2.05, 4.69) is 158 Å². The Hall–Kier alpha value is -3.22. The van der Waals surface area contributed by atoms with Crippen molar-refractivity contribution in [3.05, 3.63) is 153 Å². The molecule has 0 aliphatic heterocycles. The van der Waals surface area contributed by atoms with E-state index in [9.17, 15) is 0 Å². The van der Waals surface area contributed by atoms with E-state index in [0.717, 1.165) is 42.7 Å². The molecule has 0 heterocycles. The van der Waals surface area contributed by atoms with Gasteiger partial charge in [-0.3, -0.25) is 0 Å². The van der Waals surface area contributed by atoms with Crippen LogP contribution in [0, 0.1) is 27.7 Å². The van der Waals surface area contributed by atoms with Crippen LogP contribution in [0.2, 0.25) is 4.13 Å². The molecular weight excluding hydrogens is 787 g/mol. The van der Waals surface area contributed by atoms with E-state index in [1.165, 1.54) is 99.5 Å². The Bertz CT molecular complexity index is 2370. The number of unbranched alkanes of at least 4 members (excludes halogenated alkanes) is 2. The van der Waals surface area contributed by atoms with Crippen LogP contribution in [-0.4, -0.2) is 0 Å². The number of hydrogen-bond donors (Lipinski definition) is 0. The number of halogens is 2. The molecule has 6 aromatic carbocycles. The van der Waals surface area contributed by atoms with Crippen LogP contribution < -0.4 is 0 Å². The standard InChI is InChI=1S/2C25H25.C2H5.2ClH.Zr/c2*1-4-5-9-19-15-23-17(2)14-18(3)25(24(23)16-19)22-13-8-11-20-10-6-7-12-21(20)22;1-2;;;/h2*6-8,10-16H,4-5,9H2,1-3H3;1H2,2H3;2*1H;/q;;;;;+2/p-2. The van der Waals surface area contributed by atoms with Gasteiger partial charge in [-0.05, 0) is 0 Å². The number of benzene rings is 6. The Balaban J connectivity index is 1.41. The fourth-order valence-electron chi connectivity index (χ4n) is 10.8. The average Bonchev–Trinajstić information content (AvgIpc) is 3.78. The van der Waals surface area contributed by atoms with Crippen LogP contribution in [0.3, 0.4) is 0 Å². The molecular formula is C52H55Cl2Zr. The van der Waals surface area contributed by atoms with Gasteiger partial charge in [0, 0.05) is 0 Å². The molecule has 2 atom stereocenters. The normalized spacial score (nSPS) is 17.2. The van der Waals surface area contributed by atoms with Crippen molar-refractivity contribution in [1.29, 1.82) is 0 Å². The third-order valence-electron chi connectivity index (χ3n) is 13.2.